The van der Waals surface area contributed by atoms with E-state index in [1.54, 1.807) is 0 Å². The van der Waals surface area contributed by atoms with Crippen molar-refractivity contribution in [3.63, 3.8) is 0 Å². The number of Topliss-reactive ketones (excluding diaryl/α,β-unsaturated/α-hetero) is 1. The van der Waals surface area contributed by atoms with Crippen molar-refractivity contribution in [2.24, 2.45) is 0 Å². The summed E-state index contributed by atoms with van der Waals surface area (Å²) in [6.45, 7) is 0. The molecular weight excluding hydrogens is 232 g/mol. The highest BCUT2D eigenvalue weighted by Gasteiger charge is 2.07. The average molecular weight is 246 g/mol. The van der Waals surface area contributed by atoms with Crippen molar-refractivity contribution in [1.82, 2.24) is 0 Å². The first-order chi connectivity index (χ1) is 9.33. The van der Waals surface area contributed by atoms with E-state index < -0.39 is 0 Å². The minimum absolute atomic E-state index is 0.164. The molecule has 0 unspecified atom stereocenters. The number of hydrogen-bond donors (Lipinski definition) is 0. The van der Waals surface area contributed by atoms with E-state index in [1.807, 2.05) is 66.7 Å². The Morgan fingerprint density at radius 3 is 2.21 bits per heavy atom. The quantitative estimate of drug-likeness (QED) is 0.631. The molecule has 0 amide bonds. The summed E-state index contributed by atoms with van der Waals surface area (Å²) in [4.78, 5) is 12.3. The molecule has 0 aromatic heterocycles. The van der Waals surface area contributed by atoms with E-state index in [2.05, 4.69) is 6.07 Å². The van der Waals surface area contributed by atoms with E-state index in [0.29, 0.717) is 6.42 Å². The zero-order valence-electron chi connectivity index (χ0n) is 10.5. The molecule has 0 aliphatic rings. The maximum Gasteiger partial charge on any atom is 0.167 e. The topological polar surface area (TPSA) is 17.1 Å². The van der Waals surface area contributed by atoms with E-state index in [4.69, 9.17) is 0 Å². The van der Waals surface area contributed by atoms with Gasteiger partial charge in [0.25, 0.3) is 0 Å². The van der Waals surface area contributed by atoms with Crippen molar-refractivity contribution in [1.29, 1.82) is 0 Å². The number of fused-ring (bicyclic) bond motifs is 1. The van der Waals surface area contributed by atoms with Gasteiger partial charge in [0.15, 0.2) is 5.78 Å². The molecule has 3 aromatic carbocycles. The van der Waals surface area contributed by atoms with Gasteiger partial charge in [-0.2, -0.15) is 0 Å². The van der Waals surface area contributed by atoms with Gasteiger partial charge in [0.1, 0.15) is 0 Å². The Morgan fingerprint density at radius 2 is 1.42 bits per heavy atom. The predicted molar refractivity (Wildman–Crippen MR) is 78.4 cm³/mol. The van der Waals surface area contributed by atoms with Crippen molar-refractivity contribution < 1.29 is 4.79 Å². The summed E-state index contributed by atoms with van der Waals surface area (Å²) in [6.07, 6.45) is 0.458. The molecule has 92 valence electrons. The van der Waals surface area contributed by atoms with Crippen LogP contribution in [0, 0.1) is 0 Å². The number of carbonyl (C=O) groups is 1. The molecule has 0 spiro atoms. The van der Waals surface area contributed by atoms with Gasteiger partial charge in [-0.25, -0.2) is 0 Å². The number of rotatable bonds is 3. The standard InChI is InChI=1S/C18H14O/c19-18(12-14-6-2-1-3-7-14)17-11-10-15-8-4-5-9-16(15)13-17/h1-11,13H,12H2. The molecule has 3 rings (SSSR count). The molecule has 0 aliphatic carbocycles. The summed E-state index contributed by atoms with van der Waals surface area (Å²) >= 11 is 0. The average Bonchev–Trinajstić information content (AvgIpc) is 2.48. The molecule has 0 saturated carbocycles. The van der Waals surface area contributed by atoms with Crippen molar-refractivity contribution in [3.8, 4) is 0 Å². The molecule has 0 aliphatic heterocycles. The fourth-order valence-electron chi connectivity index (χ4n) is 2.25. The molecule has 1 heteroatoms. The number of ketones is 1. The Balaban J connectivity index is 1.89. The van der Waals surface area contributed by atoms with Crippen molar-refractivity contribution >= 4 is 16.6 Å². The van der Waals surface area contributed by atoms with Gasteiger partial charge >= 0.3 is 0 Å². The second-order valence-electron chi connectivity index (χ2n) is 4.65. The lowest BCUT2D eigenvalue weighted by molar-refractivity contribution is 0.0993. The normalized spacial score (nSPS) is 10.5. The van der Waals surface area contributed by atoms with Gasteiger partial charge < -0.3 is 0 Å². The first-order valence-corrected chi connectivity index (χ1v) is 6.39. The van der Waals surface area contributed by atoms with E-state index in [9.17, 15) is 4.79 Å². The van der Waals surface area contributed by atoms with Gasteiger partial charge in [0.05, 0.1) is 0 Å². The molecule has 0 bridgehead atoms. The van der Waals surface area contributed by atoms with Crippen LogP contribution in [0.2, 0.25) is 0 Å². The lowest BCUT2D eigenvalue weighted by Crippen LogP contribution is -2.03. The zero-order valence-corrected chi connectivity index (χ0v) is 10.5. The van der Waals surface area contributed by atoms with Gasteiger partial charge in [-0.1, -0.05) is 66.7 Å². The Hall–Kier alpha value is -2.41. The summed E-state index contributed by atoms with van der Waals surface area (Å²) < 4.78 is 0. The summed E-state index contributed by atoms with van der Waals surface area (Å²) in [5.74, 6) is 0.164. The number of carbonyl (C=O) groups excluding carboxylic acids is 1. The summed E-state index contributed by atoms with van der Waals surface area (Å²) in [5.41, 5.74) is 1.84. The zero-order chi connectivity index (χ0) is 13.1. The Kier molecular flexibility index (Phi) is 3.11. The highest BCUT2D eigenvalue weighted by atomic mass is 16.1. The minimum atomic E-state index is 0.164. The Labute approximate surface area is 112 Å². The SMILES string of the molecule is O=C(Cc1ccccc1)c1ccc2ccccc2c1. The fraction of sp³-hybridized carbons (Fsp3) is 0.0556. The van der Waals surface area contributed by atoms with E-state index in [1.165, 1.54) is 5.39 Å². The second kappa shape index (κ2) is 5.07. The molecule has 0 heterocycles. The van der Waals surface area contributed by atoms with Crippen LogP contribution in [-0.4, -0.2) is 5.78 Å². The second-order valence-corrected chi connectivity index (χ2v) is 4.65. The van der Waals surface area contributed by atoms with E-state index >= 15 is 0 Å². The van der Waals surface area contributed by atoms with Crippen LogP contribution in [-0.2, 0) is 6.42 Å². The molecule has 0 saturated heterocycles. The van der Waals surface area contributed by atoms with E-state index in [0.717, 1.165) is 16.5 Å². The highest BCUT2D eigenvalue weighted by molar-refractivity contribution is 6.01. The highest BCUT2D eigenvalue weighted by Crippen LogP contribution is 2.17. The summed E-state index contributed by atoms with van der Waals surface area (Å²) in [5, 5.41) is 2.28. The van der Waals surface area contributed by atoms with Crippen molar-refractivity contribution in [2.75, 3.05) is 0 Å². The molecule has 0 atom stereocenters. The van der Waals surface area contributed by atoms with Gasteiger partial charge in [-0.3, -0.25) is 4.79 Å². The Morgan fingerprint density at radius 1 is 0.737 bits per heavy atom. The van der Waals surface area contributed by atoms with Crippen LogP contribution >= 0.6 is 0 Å². The minimum Gasteiger partial charge on any atom is -0.294 e. The lowest BCUT2D eigenvalue weighted by atomic mass is 10.00. The molecule has 3 aromatic rings. The van der Waals surface area contributed by atoms with Crippen LogP contribution < -0.4 is 0 Å². The van der Waals surface area contributed by atoms with Crippen molar-refractivity contribution in [3.05, 3.63) is 83.9 Å². The number of benzene rings is 3. The maximum absolute atomic E-state index is 12.3. The molecule has 0 N–H and O–H groups in total. The van der Waals surface area contributed by atoms with Crippen molar-refractivity contribution in [2.45, 2.75) is 6.42 Å². The van der Waals surface area contributed by atoms with Gasteiger partial charge in [-0.15, -0.1) is 0 Å². The monoisotopic (exact) mass is 246 g/mol. The van der Waals surface area contributed by atoms with Gasteiger partial charge in [0.2, 0.25) is 0 Å². The summed E-state index contributed by atoms with van der Waals surface area (Å²) in [6, 6.07) is 23.8. The molecule has 0 fully saturated rings. The van der Waals surface area contributed by atoms with Crippen LogP contribution in [0.1, 0.15) is 15.9 Å². The van der Waals surface area contributed by atoms with Crippen LogP contribution in [0.15, 0.2) is 72.8 Å². The predicted octanol–water partition coefficient (Wildman–Crippen LogP) is 4.27. The van der Waals surface area contributed by atoms with Crippen LogP contribution in [0.25, 0.3) is 10.8 Å². The maximum atomic E-state index is 12.3. The third-order valence-corrected chi connectivity index (χ3v) is 3.28. The van der Waals surface area contributed by atoms with Crippen LogP contribution in [0.3, 0.4) is 0 Å². The lowest BCUT2D eigenvalue weighted by Gasteiger charge is -2.03. The Bertz CT molecular complexity index is 714. The van der Waals surface area contributed by atoms with Crippen LogP contribution in [0.4, 0.5) is 0 Å². The first kappa shape index (κ1) is 11.7. The van der Waals surface area contributed by atoms with Crippen LogP contribution in [0.5, 0.6) is 0 Å². The van der Waals surface area contributed by atoms with E-state index in [-0.39, 0.29) is 5.78 Å². The fourth-order valence-corrected chi connectivity index (χ4v) is 2.25. The molecule has 0 radical (unpaired) electrons. The largest absolute Gasteiger partial charge is 0.294 e. The van der Waals surface area contributed by atoms with Gasteiger partial charge in [-0.05, 0) is 22.4 Å². The molecular formula is C18H14O. The first-order valence-electron chi connectivity index (χ1n) is 6.39. The third-order valence-electron chi connectivity index (χ3n) is 3.28. The third kappa shape index (κ3) is 2.55. The molecule has 1 nitrogen and oxygen atoms in total. The van der Waals surface area contributed by atoms with Gasteiger partial charge in [0, 0.05) is 12.0 Å². The molecule has 19 heavy (non-hydrogen) atoms. The number of hydrogen-bond acceptors (Lipinski definition) is 1. The summed E-state index contributed by atoms with van der Waals surface area (Å²) in [7, 11) is 0. The smallest absolute Gasteiger partial charge is 0.167 e.